The first kappa shape index (κ1) is 11.7. The molecule has 0 aliphatic heterocycles. The molecule has 0 unspecified atom stereocenters. The van der Waals surface area contributed by atoms with Crippen LogP contribution in [-0.4, -0.2) is 0 Å². The van der Waals surface area contributed by atoms with Crippen molar-refractivity contribution in [3.05, 3.63) is 72.3 Å². The van der Waals surface area contributed by atoms with Gasteiger partial charge in [0.25, 0.3) is 0 Å². The van der Waals surface area contributed by atoms with Crippen molar-refractivity contribution in [3.8, 4) is 17.2 Å². The lowest BCUT2D eigenvalue weighted by molar-refractivity contribution is 0.615. The molecule has 2 aromatic carbocycles. The monoisotopic (exact) mass is 245 g/mol. The number of benzene rings is 2. The summed E-state index contributed by atoms with van der Waals surface area (Å²) >= 11 is 0. The molecule has 1 aliphatic rings. The van der Waals surface area contributed by atoms with E-state index in [1.165, 1.54) is 11.1 Å². The van der Waals surface area contributed by atoms with Crippen LogP contribution in [0.25, 0.3) is 11.1 Å². The van der Waals surface area contributed by atoms with Crippen LogP contribution in [0.5, 0.6) is 0 Å². The van der Waals surface area contributed by atoms with Gasteiger partial charge in [0.1, 0.15) is 5.41 Å². The lowest BCUT2D eigenvalue weighted by Gasteiger charge is -2.23. The summed E-state index contributed by atoms with van der Waals surface area (Å²) in [6.45, 7) is 3.79. The Morgan fingerprint density at radius 2 is 1.53 bits per heavy atom. The van der Waals surface area contributed by atoms with Crippen molar-refractivity contribution in [2.24, 2.45) is 0 Å². The summed E-state index contributed by atoms with van der Waals surface area (Å²) in [5.74, 6) is 0. The van der Waals surface area contributed by atoms with E-state index < -0.39 is 5.41 Å². The van der Waals surface area contributed by atoms with E-state index in [9.17, 15) is 5.26 Å². The third kappa shape index (κ3) is 1.54. The van der Waals surface area contributed by atoms with Crippen LogP contribution in [0.2, 0.25) is 0 Å². The van der Waals surface area contributed by atoms with Crippen molar-refractivity contribution in [3.63, 3.8) is 0 Å². The van der Waals surface area contributed by atoms with Crippen LogP contribution in [0.4, 0.5) is 0 Å². The predicted molar refractivity (Wildman–Crippen MR) is 77.7 cm³/mol. The lowest BCUT2D eigenvalue weighted by Crippen LogP contribution is -2.22. The highest BCUT2D eigenvalue weighted by molar-refractivity contribution is 5.82. The fourth-order valence-corrected chi connectivity index (χ4v) is 3.09. The Morgan fingerprint density at radius 1 is 1.00 bits per heavy atom. The largest absolute Gasteiger partial charge is 0.197 e. The highest BCUT2D eigenvalue weighted by Crippen LogP contribution is 2.50. The molecular weight excluding hydrogens is 230 g/mol. The van der Waals surface area contributed by atoms with Gasteiger partial charge in [0.15, 0.2) is 0 Å². The molecule has 0 bridgehead atoms. The van der Waals surface area contributed by atoms with Crippen molar-refractivity contribution in [2.45, 2.75) is 18.3 Å². The molecule has 92 valence electrons. The third-order valence-electron chi connectivity index (χ3n) is 3.98. The van der Waals surface area contributed by atoms with Gasteiger partial charge in [0.2, 0.25) is 0 Å². The van der Waals surface area contributed by atoms with Gasteiger partial charge < -0.3 is 0 Å². The van der Waals surface area contributed by atoms with Gasteiger partial charge in [-0.3, -0.25) is 0 Å². The van der Waals surface area contributed by atoms with Gasteiger partial charge in [-0.25, -0.2) is 0 Å². The van der Waals surface area contributed by atoms with E-state index in [1.54, 1.807) is 0 Å². The summed E-state index contributed by atoms with van der Waals surface area (Å²) in [6.07, 6.45) is 3.53. The van der Waals surface area contributed by atoms with Crippen molar-refractivity contribution in [1.82, 2.24) is 0 Å². The number of nitriles is 1. The summed E-state index contributed by atoms with van der Waals surface area (Å²) in [7, 11) is 0. The van der Waals surface area contributed by atoms with Gasteiger partial charge in [0, 0.05) is 0 Å². The van der Waals surface area contributed by atoms with Crippen LogP contribution in [0.3, 0.4) is 0 Å². The van der Waals surface area contributed by atoms with Crippen molar-refractivity contribution in [1.29, 1.82) is 5.26 Å². The Hall–Kier alpha value is -2.33. The van der Waals surface area contributed by atoms with Gasteiger partial charge in [-0.2, -0.15) is 5.26 Å². The number of hydrogen-bond acceptors (Lipinski definition) is 1. The van der Waals surface area contributed by atoms with Crippen LogP contribution in [0, 0.1) is 11.3 Å². The highest BCUT2D eigenvalue weighted by Gasteiger charge is 2.42. The predicted octanol–water partition coefficient (Wildman–Crippen LogP) is 4.44. The van der Waals surface area contributed by atoms with E-state index in [4.69, 9.17) is 0 Å². The number of hydrogen-bond donors (Lipinski definition) is 0. The van der Waals surface area contributed by atoms with Crippen LogP contribution in [-0.2, 0) is 5.41 Å². The topological polar surface area (TPSA) is 23.8 Å². The minimum absolute atomic E-state index is 0.513. The second-order valence-electron chi connectivity index (χ2n) is 4.94. The first-order chi connectivity index (χ1) is 9.33. The SMILES string of the molecule is C=CCCC1(C#N)c2ccccc2-c2ccccc21. The molecule has 0 heterocycles. The van der Waals surface area contributed by atoms with E-state index in [-0.39, 0.29) is 0 Å². The average Bonchev–Trinajstić information content (AvgIpc) is 2.77. The molecule has 0 spiro atoms. The average molecular weight is 245 g/mol. The molecule has 1 heteroatoms. The Kier molecular flexibility index (Phi) is 2.72. The van der Waals surface area contributed by atoms with Crippen molar-refractivity contribution < 1.29 is 0 Å². The highest BCUT2D eigenvalue weighted by atomic mass is 14.5. The lowest BCUT2D eigenvalue weighted by atomic mass is 9.76. The minimum atomic E-state index is -0.513. The standard InChI is InChI=1S/C18H15N/c1-2-3-12-18(13-19)16-10-6-4-8-14(16)15-9-5-7-11-17(15)18/h2,4-11H,1,3,12H2. The number of rotatable bonds is 3. The van der Waals surface area contributed by atoms with Crippen LogP contribution in [0.1, 0.15) is 24.0 Å². The fraction of sp³-hybridized carbons (Fsp3) is 0.167. The summed E-state index contributed by atoms with van der Waals surface area (Å²) in [6, 6.07) is 19.1. The molecule has 0 N–H and O–H groups in total. The molecule has 0 aromatic heterocycles. The number of fused-ring (bicyclic) bond motifs is 3. The molecule has 3 rings (SSSR count). The maximum atomic E-state index is 9.85. The van der Waals surface area contributed by atoms with Gasteiger partial charge >= 0.3 is 0 Å². The molecule has 0 saturated heterocycles. The zero-order valence-electron chi connectivity index (χ0n) is 10.8. The molecule has 0 saturated carbocycles. The normalized spacial score (nSPS) is 14.3. The second kappa shape index (κ2) is 4.40. The van der Waals surface area contributed by atoms with E-state index in [0.717, 1.165) is 24.0 Å². The van der Waals surface area contributed by atoms with E-state index in [0.29, 0.717) is 0 Å². The van der Waals surface area contributed by atoms with Gasteiger partial charge in [-0.1, -0.05) is 54.6 Å². The maximum absolute atomic E-state index is 9.85. The van der Waals surface area contributed by atoms with Gasteiger partial charge in [-0.15, -0.1) is 6.58 Å². The van der Waals surface area contributed by atoms with Gasteiger partial charge in [-0.05, 0) is 35.1 Å². The first-order valence-corrected chi connectivity index (χ1v) is 6.55. The van der Waals surface area contributed by atoms with Gasteiger partial charge in [0.05, 0.1) is 6.07 Å². The molecule has 0 atom stereocenters. The molecule has 0 amide bonds. The Bertz CT molecular complexity index is 631. The molecule has 1 nitrogen and oxygen atoms in total. The molecule has 19 heavy (non-hydrogen) atoms. The molecular formula is C18H15N. The maximum Gasteiger partial charge on any atom is 0.109 e. The van der Waals surface area contributed by atoms with Crippen LogP contribution < -0.4 is 0 Å². The fourth-order valence-electron chi connectivity index (χ4n) is 3.09. The Morgan fingerprint density at radius 3 is 2.00 bits per heavy atom. The van der Waals surface area contributed by atoms with Crippen molar-refractivity contribution >= 4 is 0 Å². The molecule has 0 fully saturated rings. The summed E-state index contributed by atoms with van der Waals surface area (Å²) in [5, 5.41) is 9.85. The zero-order valence-corrected chi connectivity index (χ0v) is 10.8. The molecule has 2 aromatic rings. The van der Waals surface area contributed by atoms with Crippen molar-refractivity contribution in [2.75, 3.05) is 0 Å². The minimum Gasteiger partial charge on any atom is -0.197 e. The summed E-state index contributed by atoms with van der Waals surface area (Å²) in [5.41, 5.74) is 4.16. The summed E-state index contributed by atoms with van der Waals surface area (Å²) in [4.78, 5) is 0. The van der Waals surface area contributed by atoms with Crippen LogP contribution in [0.15, 0.2) is 61.2 Å². The summed E-state index contributed by atoms with van der Waals surface area (Å²) < 4.78 is 0. The van der Waals surface area contributed by atoms with Crippen LogP contribution >= 0.6 is 0 Å². The first-order valence-electron chi connectivity index (χ1n) is 6.55. The third-order valence-corrected chi connectivity index (χ3v) is 3.98. The quantitative estimate of drug-likeness (QED) is 0.733. The molecule has 0 radical (unpaired) electrons. The molecule has 1 aliphatic carbocycles. The Balaban J connectivity index is 2.30. The van der Waals surface area contributed by atoms with E-state index in [1.807, 2.05) is 30.3 Å². The smallest absolute Gasteiger partial charge is 0.109 e. The Labute approximate surface area is 113 Å². The number of allylic oxidation sites excluding steroid dienone is 1. The number of nitrogens with zero attached hydrogens (tertiary/aromatic N) is 1. The second-order valence-corrected chi connectivity index (χ2v) is 4.94. The van der Waals surface area contributed by atoms with E-state index >= 15 is 0 Å². The zero-order chi connectivity index (χ0) is 13.3. The van der Waals surface area contributed by atoms with E-state index in [2.05, 4.69) is 36.9 Å².